The number of unbranched alkanes of at least 4 members (excludes halogenated alkanes) is 1. The van der Waals surface area contributed by atoms with Crippen molar-refractivity contribution < 1.29 is 31.5 Å². The lowest BCUT2D eigenvalue weighted by Crippen LogP contribution is -2.49. The van der Waals surface area contributed by atoms with Crippen LogP contribution >= 0.6 is 12.4 Å². The van der Waals surface area contributed by atoms with Crippen LogP contribution in [-0.2, 0) is 16.6 Å². The van der Waals surface area contributed by atoms with Gasteiger partial charge in [0.25, 0.3) is 5.91 Å². The smallest absolute Gasteiger partial charge is 0.322 e. The minimum Gasteiger partial charge on any atom is -0.457 e. The average molecular weight is 666 g/mol. The molecule has 10 nitrogen and oxygen atoms in total. The lowest BCUT2D eigenvalue weighted by atomic mass is 10.0. The van der Waals surface area contributed by atoms with Gasteiger partial charge in [-0.3, -0.25) is 9.69 Å². The maximum absolute atomic E-state index is 14.4. The summed E-state index contributed by atoms with van der Waals surface area (Å²) < 4.78 is 60.2. The second kappa shape index (κ2) is 16.0. The number of urea groups is 1. The number of nitrogens with zero attached hydrogens (tertiary/aromatic N) is 2. The van der Waals surface area contributed by atoms with Crippen molar-refractivity contribution in [2.75, 3.05) is 32.0 Å². The largest absolute Gasteiger partial charge is 0.457 e. The van der Waals surface area contributed by atoms with Gasteiger partial charge < -0.3 is 20.7 Å². The van der Waals surface area contributed by atoms with Crippen LogP contribution in [0.2, 0.25) is 0 Å². The van der Waals surface area contributed by atoms with Crippen molar-refractivity contribution in [3.05, 3.63) is 83.4 Å². The predicted octanol–water partition coefficient (Wildman–Crippen LogP) is 5.48. The summed E-state index contributed by atoms with van der Waals surface area (Å²) in [5, 5.41) is 2.51. The molecule has 1 aliphatic heterocycles. The second-order valence-electron chi connectivity index (χ2n) is 10.6. The first-order chi connectivity index (χ1) is 21.0. The van der Waals surface area contributed by atoms with E-state index >= 15 is 0 Å². The van der Waals surface area contributed by atoms with E-state index in [1.165, 1.54) is 19.2 Å². The van der Waals surface area contributed by atoms with Gasteiger partial charge in [0, 0.05) is 38.3 Å². The number of nitrogens with one attached hydrogen (secondary N) is 2. The summed E-state index contributed by atoms with van der Waals surface area (Å²) in [6.45, 7) is 4.70. The molecule has 4 N–H and O–H groups in total. The number of hydrogen-bond acceptors (Lipinski definition) is 6. The van der Waals surface area contributed by atoms with Crippen LogP contribution in [0.3, 0.4) is 0 Å². The molecule has 3 aromatic carbocycles. The molecule has 45 heavy (non-hydrogen) atoms. The highest BCUT2D eigenvalue weighted by molar-refractivity contribution is 7.89. The van der Waals surface area contributed by atoms with E-state index in [-0.39, 0.29) is 29.0 Å². The van der Waals surface area contributed by atoms with Crippen molar-refractivity contribution in [2.45, 2.75) is 50.1 Å². The Morgan fingerprint density at radius 1 is 1.00 bits per heavy atom. The van der Waals surface area contributed by atoms with Gasteiger partial charge in [-0.15, -0.1) is 12.4 Å². The van der Waals surface area contributed by atoms with E-state index in [0.717, 1.165) is 50.4 Å². The number of hydrogen-bond donors (Lipinski definition) is 3. The van der Waals surface area contributed by atoms with Crippen LogP contribution in [0.25, 0.3) is 0 Å². The number of rotatable bonds is 12. The number of amides is 3. The molecule has 3 amide bonds. The maximum Gasteiger partial charge on any atom is 0.322 e. The molecule has 0 atom stereocenters. The highest BCUT2D eigenvalue weighted by Gasteiger charge is 2.28. The van der Waals surface area contributed by atoms with E-state index in [9.17, 15) is 26.8 Å². The van der Waals surface area contributed by atoms with E-state index in [4.69, 9.17) is 10.5 Å². The summed E-state index contributed by atoms with van der Waals surface area (Å²) in [7, 11) is -2.16. The van der Waals surface area contributed by atoms with Crippen LogP contribution in [0.15, 0.2) is 65.6 Å². The predicted molar refractivity (Wildman–Crippen MR) is 170 cm³/mol. The number of nitrogens with two attached hydrogens (primary N) is 1. The summed E-state index contributed by atoms with van der Waals surface area (Å²) in [5.41, 5.74) is 5.48. The Morgan fingerprint density at radius 3 is 2.16 bits per heavy atom. The van der Waals surface area contributed by atoms with Crippen LogP contribution < -0.4 is 20.5 Å². The number of halogens is 3. The van der Waals surface area contributed by atoms with Crippen LogP contribution in [0, 0.1) is 11.6 Å². The van der Waals surface area contributed by atoms with Gasteiger partial charge in [-0.25, -0.2) is 26.7 Å². The van der Waals surface area contributed by atoms with Gasteiger partial charge in [0.15, 0.2) is 0 Å². The van der Waals surface area contributed by atoms with E-state index in [1.54, 1.807) is 17.0 Å². The highest BCUT2D eigenvalue weighted by Crippen LogP contribution is 2.26. The zero-order chi connectivity index (χ0) is 31.9. The first kappa shape index (κ1) is 35.7. The number of anilines is 1. The van der Waals surface area contributed by atoms with Gasteiger partial charge in [0.05, 0.1) is 16.1 Å². The van der Waals surface area contributed by atoms with Crippen molar-refractivity contribution in [2.24, 2.45) is 5.73 Å². The number of primary amides is 1. The molecule has 0 bridgehead atoms. The topological polar surface area (TPSA) is 134 Å². The monoisotopic (exact) mass is 665 g/mol. The molecule has 1 fully saturated rings. The third kappa shape index (κ3) is 9.36. The van der Waals surface area contributed by atoms with E-state index < -0.39 is 39.2 Å². The standard InChI is InChI=1S/C31H37F2N5O5S.ClH/c1-3-4-15-38(31(40)36-29-18-26(30(34)39)27(32)19-28(29)33)22-13-16-37(17-14-22)20-21-5-7-23(8-6-21)43-24-9-11-25(12-10-24)44(41,42)35-2;/h5-12,18-19,22,35H,3-4,13-17,20H2,1-2H3,(H2,34,39)(H,36,40);1H. The fourth-order valence-electron chi connectivity index (χ4n) is 5.05. The molecule has 1 aliphatic rings. The quantitative estimate of drug-likeness (QED) is 0.235. The van der Waals surface area contributed by atoms with Gasteiger partial charge in [-0.1, -0.05) is 25.5 Å². The van der Waals surface area contributed by atoms with Gasteiger partial charge in [0.2, 0.25) is 10.0 Å². The van der Waals surface area contributed by atoms with Gasteiger partial charge in [-0.05, 0) is 74.3 Å². The van der Waals surface area contributed by atoms with E-state index in [0.29, 0.717) is 30.7 Å². The molecule has 0 aliphatic carbocycles. The first-order valence-corrected chi connectivity index (χ1v) is 15.9. The minimum absolute atomic E-state index is 0. The summed E-state index contributed by atoms with van der Waals surface area (Å²) in [6, 6.07) is 14.7. The molecule has 0 unspecified atom stereocenters. The van der Waals surface area contributed by atoms with Crippen molar-refractivity contribution in [1.82, 2.24) is 14.5 Å². The lowest BCUT2D eigenvalue weighted by Gasteiger charge is -2.38. The number of benzene rings is 3. The molecular weight excluding hydrogens is 628 g/mol. The van der Waals surface area contributed by atoms with Crippen LogP contribution in [0.5, 0.6) is 11.5 Å². The Morgan fingerprint density at radius 2 is 1.60 bits per heavy atom. The molecule has 0 spiro atoms. The number of carbonyl (C=O) groups is 2. The molecule has 1 saturated heterocycles. The van der Waals surface area contributed by atoms with Gasteiger partial charge >= 0.3 is 6.03 Å². The number of sulfonamides is 1. The summed E-state index contributed by atoms with van der Waals surface area (Å²) in [6.07, 6.45) is 3.06. The van der Waals surface area contributed by atoms with Gasteiger partial charge in [-0.2, -0.15) is 0 Å². The zero-order valence-electron chi connectivity index (χ0n) is 25.1. The summed E-state index contributed by atoms with van der Waals surface area (Å²) >= 11 is 0. The normalized spacial score (nSPS) is 14.0. The van der Waals surface area contributed by atoms with Crippen molar-refractivity contribution >= 4 is 40.1 Å². The minimum atomic E-state index is -3.52. The molecule has 0 aromatic heterocycles. The van der Waals surface area contributed by atoms with Crippen LogP contribution in [0.1, 0.15) is 48.5 Å². The van der Waals surface area contributed by atoms with E-state index in [2.05, 4.69) is 14.9 Å². The summed E-state index contributed by atoms with van der Waals surface area (Å²) in [4.78, 5) is 28.9. The fourth-order valence-corrected chi connectivity index (χ4v) is 5.78. The fraction of sp³-hybridized carbons (Fsp3) is 0.355. The number of piperidine rings is 1. The van der Waals surface area contributed by atoms with Crippen molar-refractivity contribution in [1.29, 1.82) is 0 Å². The Labute approximate surface area is 268 Å². The average Bonchev–Trinajstić information content (AvgIpc) is 3.00. The third-order valence-electron chi connectivity index (χ3n) is 7.54. The van der Waals surface area contributed by atoms with E-state index in [1.807, 2.05) is 31.2 Å². The second-order valence-corrected chi connectivity index (χ2v) is 12.5. The number of ether oxygens (including phenoxy) is 1. The van der Waals surface area contributed by atoms with Crippen molar-refractivity contribution in [3.63, 3.8) is 0 Å². The number of likely N-dealkylation sites (tertiary alicyclic amines) is 1. The molecule has 3 aromatic rings. The molecule has 4 rings (SSSR count). The Kier molecular flexibility index (Phi) is 12.7. The summed E-state index contributed by atoms with van der Waals surface area (Å²) in [5.74, 6) is -1.98. The van der Waals surface area contributed by atoms with Crippen LogP contribution in [0.4, 0.5) is 19.3 Å². The van der Waals surface area contributed by atoms with Crippen LogP contribution in [-0.4, -0.2) is 62.9 Å². The zero-order valence-corrected chi connectivity index (χ0v) is 26.7. The Bertz CT molecular complexity index is 1570. The van der Waals surface area contributed by atoms with Gasteiger partial charge in [0.1, 0.15) is 23.1 Å². The molecule has 1 heterocycles. The highest BCUT2D eigenvalue weighted by atomic mass is 35.5. The molecule has 244 valence electrons. The number of carbonyl (C=O) groups excluding carboxylic acids is 2. The SMILES string of the molecule is CCCCN(C(=O)Nc1cc(C(N)=O)c(F)cc1F)C1CCN(Cc2ccc(Oc3ccc(S(=O)(=O)NC)cc3)cc2)CC1.Cl. The maximum atomic E-state index is 14.4. The lowest BCUT2D eigenvalue weighted by molar-refractivity contribution is 0.0996. The Hall–Kier alpha value is -3.78. The van der Waals surface area contributed by atoms with Crippen molar-refractivity contribution in [3.8, 4) is 11.5 Å². The molecule has 0 radical (unpaired) electrons. The molecule has 0 saturated carbocycles. The molecule has 14 heteroatoms. The third-order valence-corrected chi connectivity index (χ3v) is 8.97. The first-order valence-electron chi connectivity index (χ1n) is 14.4. The Balaban J connectivity index is 0.00000552. The molecular formula is C31H38ClF2N5O5S.